The predicted molar refractivity (Wildman–Crippen MR) is 90.3 cm³/mol. The molecule has 2 aromatic heterocycles. The number of aromatic amines is 2. The van der Waals surface area contributed by atoms with Crippen LogP contribution in [0.4, 0.5) is 5.82 Å². The third-order valence-electron chi connectivity index (χ3n) is 3.70. The van der Waals surface area contributed by atoms with Gasteiger partial charge in [0, 0.05) is 16.6 Å². The van der Waals surface area contributed by atoms with E-state index >= 15 is 0 Å². The van der Waals surface area contributed by atoms with Crippen LogP contribution in [0.3, 0.4) is 0 Å². The van der Waals surface area contributed by atoms with Gasteiger partial charge in [-0.2, -0.15) is 10.2 Å². The van der Waals surface area contributed by atoms with Gasteiger partial charge < -0.3 is 10.2 Å². The van der Waals surface area contributed by atoms with Gasteiger partial charge in [-0.15, -0.1) is 0 Å². The van der Waals surface area contributed by atoms with Gasteiger partial charge in [-0.25, -0.2) is 0 Å². The lowest BCUT2D eigenvalue weighted by molar-refractivity contribution is -0.116. The predicted octanol–water partition coefficient (Wildman–Crippen LogP) is 2.07. The van der Waals surface area contributed by atoms with Crippen molar-refractivity contribution in [1.82, 2.24) is 25.3 Å². The second-order valence-corrected chi connectivity index (χ2v) is 5.93. The van der Waals surface area contributed by atoms with Crippen LogP contribution in [0.15, 0.2) is 18.2 Å². The van der Waals surface area contributed by atoms with Crippen LogP contribution in [0.25, 0.3) is 22.0 Å². The molecule has 0 radical (unpaired) electrons. The van der Waals surface area contributed by atoms with E-state index in [1.54, 1.807) is 0 Å². The van der Waals surface area contributed by atoms with Crippen molar-refractivity contribution in [2.75, 3.05) is 26.0 Å². The minimum atomic E-state index is -0.0931. The second-order valence-electron chi connectivity index (χ2n) is 5.93. The topological polar surface area (TPSA) is 89.7 Å². The molecule has 7 nitrogen and oxygen atoms in total. The zero-order valence-corrected chi connectivity index (χ0v) is 13.7. The first-order valence-electron chi connectivity index (χ1n) is 7.40. The highest BCUT2D eigenvalue weighted by Crippen LogP contribution is 2.30. The number of nitrogens with one attached hydrogen (secondary N) is 3. The summed E-state index contributed by atoms with van der Waals surface area (Å²) in [5, 5.41) is 18.1. The summed E-state index contributed by atoms with van der Waals surface area (Å²) in [5.41, 5.74) is 4.98. The van der Waals surface area contributed by atoms with Gasteiger partial charge in [-0.3, -0.25) is 15.0 Å². The van der Waals surface area contributed by atoms with Gasteiger partial charge in [0.2, 0.25) is 5.91 Å². The molecular weight excluding hydrogens is 292 g/mol. The third-order valence-corrected chi connectivity index (χ3v) is 3.70. The Hall–Kier alpha value is -2.67. The van der Waals surface area contributed by atoms with Gasteiger partial charge in [0.15, 0.2) is 5.82 Å². The largest absolute Gasteiger partial charge is 0.308 e. The van der Waals surface area contributed by atoms with Crippen molar-refractivity contribution < 1.29 is 4.79 Å². The van der Waals surface area contributed by atoms with E-state index in [0.29, 0.717) is 12.4 Å². The molecule has 0 aliphatic rings. The molecule has 0 bridgehead atoms. The SMILES string of the molecule is Cc1n[nH]c(C)c1-c1ccc2[nH]nc(NC(=O)CN(C)C)c2c1. The monoisotopic (exact) mass is 312 g/mol. The number of benzene rings is 1. The molecule has 0 saturated carbocycles. The fraction of sp³-hybridized carbons (Fsp3) is 0.312. The number of rotatable bonds is 4. The van der Waals surface area contributed by atoms with Crippen LogP contribution in [-0.4, -0.2) is 51.8 Å². The number of anilines is 1. The molecule has 0 aliphatic heterocycles. The lowest BCUT2D eigenvalue weighted by Crippen LogP contribution is -2.27. The van der Waals surface area contributed by atoms with Crippen molar-refractivity contribution in [1.29, 1.82) is 0 Å². The maximum Gasteiger partial charge on any atom is 0.239 e. The van der Waals surface area contributed by atoms with Gasteiger partial charge >= 0.3 is 0 Å². The van der Waals surface area contributed by atoms with E-state index < -0.39 is 0 Å². The molecule has 0 atom stereocenters. The Bertz CT molecular complexity index is 841. The average Bonchev–Trinajstić information content (AvgIpc) is 3.02. The Balaban J connectivity index is 1.99. The van der Waals surface area contributed by atoms with Gasteiger partial charge in [-0.05, 0) is 45.6 Å². The Morgan fingerprint density at radius 3 is 2.65 bits per heavy atom. The summed E-state index contributed by atoms with van der Waals surface area (Å²) in [4.78, 5) is 13.8. The maximum absolute atomic E-state index is 12.0. The van der Waals surface area contributed by atoms with Gasteiger partial charge in [0.05, 0.1) is 17.8 Å². The molecule has 0 unspecified atom stereocenters. The molecule has 3 rings (SSSR count). The highest BCUT2D eigenvalue weighted by Gasteiger charge is 2.14. The third kappa shape index (κ3) is 2.95. The summed E-state index contributed by atoms with van der Waals surface area (Å²) in [6.45, 7) is 4.28. The van der Waals surface area contributed by atoms with E-state index in [1.807, 2.05) is 51.0 Å². The molecule has 2 heterocycles. The zero-order valence-electron chi connectivity index (χ0n) is 13.7. The molecule has 1 aromatic carbocycles. The number of likely N-dealkylation sites (N-methyl/N-ethyl adjacent to an activating group) is 1. The first-order chi connectivity index (χ1) is 11.0. The Labute approximate surface area is 134 Å². The van der Waals surface area contributed by atoms with Crippen molar-refractivity contribution >= 4 is 22.6 Å². The molecule has 0 fully saturated rings. The minimum Gasteiger partial charge on any atom is -0.308 e. The number of fused-ring (bicyclic) bond motifs is 1. The van der Waals surface area contributed by atoms with Gasteiger partial charge in [-0.1, -0.05) is 6.07 Å². The minimum absolute atomic E-state index is 0.0931. The molecule has 120 valence electrons. The number of nitrogens with zero attached hydrogens (tertiary/aromatic N) is 3. The molecule has 0 spiro atoms. The van der Waals surface area contributed by atoms with Crippen molar-refractivity contribution in [2.45, 2.75) is 13.8 Å². The molecule has 3 aromatic rings. The molecule has 23 heavy (non-hydrogen) atoms. The van der Waals surface area contributed by atoms with E-state index in [-0.39, 0.29) is 5.91 Å². The lowest BCUT2D eigenvalue weighted by atomic mass is 10.0. The second kappa shape index (κ2) is 5.85. The summed E-state index contributed by atoms with van der Waals surface area (Å²) in [7, 11) is 3.70. The number of H-pyrrole nitrogens is 2. The van der Waals surface area contributed by atoms with E-state index in [0.717, 1.165) is 33.4 Å². The quantitative estimate of drug-likeness (QED) is 0.688. The number of hydrogen-bond acceptors (Lipinski definition) is 4. The van der Waals surface area contributed by atoms with Crippen LogP contribution in [0.1, 0.15) is 11.4 Å². The Kier molecular flexibility index (Phi) is 3.87. The highest BCUT2D eigenvalue weighted by molar-refractivity contribution is 6.01. The van der Waals surface area contributed by atoms with Crippen LogP contribution < -0.4 is 5.32 Å². The fourth-order valence-corrected chi connectivity index (χ4v) is 2.70. The molecule has 0 aliphatic carbocycles. The van der Waals surface area contributed by atoms with Crippen LogP contribution >= 0.6 is 0 Å². The maximum atomic E-state index is 12.0. The van der Waals surface area contributed by atoms with Crippen molar-refractivity contribution in [3.05, 3.63) is 29.6 Å². The van der Waals surface area contributed by atoms with Crippen LogP contribution in [0.5, 0.6) is 0 Å². The van der Waals surface area contributed by atoms with Crippen molar-refractivity contribution in [3.63, 3.8) is 0 Å². The summed E-state index contributed by atoms with van der Waals surface area (Å²) < 4.78 is 0. The fourth-order valence-electron chi connectivity index (χ4n) is 2.70. The van der Waals surface area contributed by atoms with E-state index in [2.05, 4.69) is 25.7 Å². The Morgan fingerprint density at radius 2 is 2.00 bits per heavy atom. The number of carbonyl (C=O) groups excluding carboxylic acids is 1. The molecular formula is C16H20N6O. The summed E-state index contributed by atoms with van der Waals surface area (Å²) >= 11 is 0. The van der Waals surface area contributed by atoms with E-state index in [1.165, 1.54) is 0 Å². The first kappa shape index (κ1) is 15.2. The summed E-state index contributed by atoms with van der Waals surface area (Å²) in [6, 6.07) is 6.01. The molecule has 1 amide bonds. The number of aromatic nitrogens is 4. The zero-order chi connectivity index (χ0) is 16.6. The highest BCUT2D eigenvalue weighted by atomic mass is 16.2. The number of amides is 1. The van der Waals surface area contributed by atoms with Gasteiger partial charge in [0.25, 0.3) is 0 Å². The average molecular weight is 312 g/mol. The molecule has 3 N–H and O–H groups in total. The number of hydrogen-bond donors (Lipinski definition) is 3. The van der Waals surface area contributed by atoms with Crippen molar-refractivity contribution in [3.8, 4) is 11.1 Å². The summed E-state index contributed by atoms with van der Waals surface area (Å²) in [5.74, 6) is 0.456. The number of carbonyl (C=O) groups is 1. The van der Waals surface area contributed by atoms with Crippen molar-refractivity contribution in [2.24, 2.45) is 0 Å². The Morgan fingerprint density at radius 1 is 1.22 bits per heavy atom. The van der Waals surface area contributed by atoms with Gasteiger partial charge in [0.1, 0.15) is 0 Å². The van der Waals surface area contributed by atoms with E-state index in [9.17, 15) is 4.79 Å². The number of aryl methyl sites for hydroxylation is 2. The first-order valence-corrected chi connectivity index (χ1v) is 7.40. The standard InChI is InChI=1S/C16H20N6O/c1-9-15(10(2)19-18-9)11-5-6-13-12(7-11)16(21-20-13)17-14(23)8-22(3)4/h5-7H,8H2,1-4H3,(H,18,19)(H2,17,20,21,23). The van der Waals surface area contributed by atoms with Crippen LogP contribution in [-0.2, 0) is 4.79 Å². The van der Waals surface area contributed by atoms with Crippen LogP contribution in [0.2, 0.25) is 0 Å². The summed E-state index contributed by atoms with van der Waals surface area (Å²) in [6.07, 6.45) is 0. The molecule has 7 heteroatoms. The van der Waals surface area contributed by atoms with Crippen LogP contribution in [0, 0.1) is 13.8 Å². The smallest absolute Gasteiger partial charge is 0.239 e. The molecule has 0 saturated heterocycles. The lowest BCUT2D eigenvalue weighted by Gasteiger charge is -2.09. The van der Waals surface area contributed by atoms with E-state index in [4.69, 9.17) is 0 Å². The normalized spacial score (nSPS) is 11.3.